The van der Waals surface area contributed by atoms with Crippen molar-refractivity contribution in [3.05, 3.63) is 6.92 Å². The molecule has 1 heteroatoms. The zero-order valence-corrected chi connectivity index (χ0v) is 4.83. The Morgan fingerprint density at radius 3 is 2.33 bits per heavy atom. The molecule has 0 heterocycles. The van der Waals surface area contributed by atoms with Crippen molar-refractivity contribution in [1.29, 1.82) is 0 Å². The molecule has 0 saturated carbocycles. The molecular formula is C5H10Cl. The molecule has 0 aromatic heterocycles. The zero-order chi connectivity index (χ0) is 4.99. The first-order chi connectivity index (χ1) is 2.77. The first-order valence-electron chi connectivity index (χ1n) is 2.20. The number of halogens is 1. The van der Waals surface area contributed by atoms with Crippen LogP contribution in [0.25, 0.3) is 0 Å². The second-order valence-electron chi connectivity index (χ2n) is 1.42. The molecule has 0 bridgehead atoms. The van der Waals surface area contributed by atoms with E-state index in [-0.39, 0.29) is 0 Å². The van der Waals surface area contributed by atoms with Gasteiger partial charge in [-0.2, -0.15) is 0 Å². The highest BCUT2D eigenvalue weighted by Crippen LogP contribution is 2.00. The summed E-state index contributed by atoms with van der Waals surface area (Å²) in [7, 11) is 0. The maximum absolute atomic E-state index is 5.54. The van der Waals surface area contributed by atoms with E-state index in [1.54, 1.807) is 0 Å². The lowest BCUT2D eigenvalue weighted by Gasteiger charge is -1.93. The van der Waals surface area contributed by atoms with Crippen LogP contribution in [0.5, 0.6) is 0 Å². The van der Waals surface area contributed by atoms with Gasteiger partial charge in [-0.1, -0.05) is 13.3 Å². The van der Waals surface area contributed by atoms with E-state index in [1.807, 2.05) is 6.92 Å². The Labute approximate surface area is 44.5 Å². The molecule has 0 aromatic rings. The maximum atomic E-state index is 5.54. The molecule has 0 aliphatic rings. The Bertz CT molecular complexity index is 25.1. The smallest absolute Gasteiger partial charge is 0.0307 e. The van der Waals surface area contributed by atoms with Gasteiger partial charge in [-0.25, -0.2) is 0 Å². The summed E-state index contributed by atoms with van der Waals surface area (Å²) < 4.78 is 0. The molecule has 0 aromatic carbocycles. The Kier molecular flexibility index (Phi) is 3.65. The molecule has 37 valence electrons. The van der Waals surface area contributed by atoms with Crippen LogP contribution in [-0.4, -0.2) is 5.38 Å². The van der Waals surface area contributed by atoms with Crippen molar-refractivity contribution in [3.8, 4) is 0 Å². The lowest BCUT2D eigenvalue weighted by atomic mass is 10.3. The molecular weight excluding hydrogens is 95.5 g/mol. The third-order valence-electron chi connectivity index (χ3n) is 0.602. The van der Waals surface area contributed by atoms with E-state index in [0.29, 0.717) is 5.38 Å². The van der Waals surface area contributed by atoms with E-state index >= 15 is 0 Å². The lowest BCUT2D eigenvalue weighted by Crippen LogP contribution is -1.85. The summed E-state index contributed by atoms with van der Waals surface area (Å²) >= 11 is 5.54. The predicted molar refractivity (Wildman–Crippen MR) is 29.9 cm³/mol. The summed E-state index contributed by atoms with van der Waals surface area (Å²) in [6.45, 7) is 5.62. The van der Waals surface area contributed by atoms with Crippen molar-refractivity contribution in [3.63, 3.8) is 0 Å². The summed E-state index contributed by atoms with van der Waals surface area (Å²) in [4.78, 5) is 0. The quantitative estimate of drug-likeness (QED) is 0.473. The fourth-order valence-corrected chi connectivity index (χ4v) is 0.436. The maximum Gasteiger partial charge on any atom is 0.0307 e. The number of rotatable bonds is 2. The summed E-state index contributed by atoms with van der Waals surface area (Å²) in [5, 5.41) is 0.308. The molecule has 1 radical (unpaired) electrons. The molecule has 0 aliphatic carbocycles. The molecule has 6 heavy (non-hydrogen) atoms. The number of hydrogen-bond donors (Lipinski definition) is 0. The third kappa shape index (κ3) is 4.29. The summed E-state index contributed by atoms with van der Waals surface area (Å²) in [6.07, 6.45) is 1.98. The van der Waals surface area contributed by atoms with Crippen molar-refractivity contribution in [1.82, 2.24) is 0 Å². The van der Waals surface area contributed by atoms with Gasteiger partial charge >= 0.3 is 0 Å². The van der Waals surface area contributed by atoms with E-state index in [4.69, 9.17) is 11.6 Å². The first-order valence-corrected chi connectivity index (χ1v) is 2.64. The summed E-state index contributed by atoms with van der Waals surface area (Å²) in [5.74, 6) is 0. The average Bonchev–Trinajstić information content (AvgIpc) is 1.35. The van der Waals surface area contributed by atoms with Gasteiger partial charge in [0.2, 0.25) is 0 Å². The van der Waals surface area contributed by atoms with Gasteiger partial charge in [0.25, 0.3) is 0 Å². The van der Waals surface area contributed by atoms with Gasteiger partial charge in [0, 0.05) is 5.38 Å². The molecule has 0 spiro atoms. The fraction of sp³-hybridized carbons (Fsp3) is 0.800. The van der Waals surface area contributed by atoms with Crippen LogP contribution in [0.3, 0.4) is 0 Å². The van der Waals surface area contributed by atoms with Crippen LogP contribution in [-0.2, 0) is 0 Å². The van der Waals surface area contributed by atoms with Crippen LogP contribution in [0.15, 0.2) is 0 Å². The van der Waals surface area contributed by atoms with Gasteiger partial charge in [-0.3, -0.25) is 0 Å². The Balaban J connectivity index is 2.63. The monoisotopic (exact) mass is 105 g/mol. The van der Waals surface area contributed by atoms with E-state index in [2.05, 4.69) is 6.92 Å². The highest BCUT2D eigenvalue weighted by molar-refractivity contribution is 6.20. The number of alkyl halides is 1. The van der Waals surface area contributed by atoms with Gasteiger partial charge in [0.15, 0.2) is 0 Å². The second-order valence-corrected chi connectivity index (χ2v) is 2.17. The molecule has 1 atom stereocenters. The number of hydrogen-bond acceptors (Lipinski definition) is 0. The molecule has 0 N–H and O–H groups in total. The van der Waals surface area contributed by atoms with Crippen LogP contribution < -0.4 is 0 Å². The molecule has 0 aliphatic heterocycles. The molecule has 0 nitrogen and oxygen atoms in total. The fourth-order valence-electron chi connectivity index (χ4n) is 0.281. The minimum absolute atomic E-state index is 0.308. The minimum Gasteiger partial charge on any atom is -0.123 e. The van der Waals surface area contributed by atoms with Gasteiger partial charge in [0.1, 0.15) is 0 Å². The topological polar surface area (TPSA) is 0 Å². The van der Waals surface area contributed by atoms with Crippen molar-refractivity contribution in [2.45, 2.75) is 25.1 Å². The third-order valence-corrected chi connectivity index (χ3v) is 0.820. The van der Waals surface area contributed by atoms with E-state index in [0.717, 1.165) is 12.8 Å². The highest BCUT2D eigenvalue weighted by atomic mass is 35.5. The molecule has 0 rings (SSSR count). The van der Waals surface area contributed by atoms with Crippen LogP contribution in [0, 0.1) is 6.92 Å². The summed E-state index contributed by atoms with van der Waals surface area (Å²) in [6, 6.07) is 0. The predicted octanol–water partition coefficient (Wildman–Crippen LogP) is 2.23. The molecule has 0 amide bonds. The standard InChI is InChI=1S/C5H10Cl/c1-3-4-5(2)6/h5H,1,3-4H2,2H3. The molecule has 0 saturated heterocycles. The Morgan fingerprint density at radius 1 is 1.83 bits per heavy atom. The van der Waals surface area contributed by atoms with Gasteiger partial charge in [-0.15, -0.1) is 11.6 Å². The minimum atomic E-state index is 0.308. The van der Waals surface area contributed by atoms with E-state index < -0.39 is 0 Å². The van der Waals surface area contributed by atoms with Crippen molar-refractivity contribution in [2.75, 3.05) is 0 Å². The average molecular weight is 106 g/mol. The molecule has 1 unspecified atom stereocenters. The van der Waals surface area contributed by atoms with Gasteiger partial charge in [-0.05, 0) is 13.3 Å². The van der Waals surface area contributed by atoms with Crippen LogP contribution in [0.2, 0.25) is 0 Å². The van der Waals surface area contributed by atoms with Crippen molar-refractivity contribution < 1.29 is 0 Å². The van der Waals surface area contributed by atoms with Crippen LogP contribution >= 0.6 is 11.6 Å². The Morgan fingerprint density at radius 2 is 2.33 bits per heavy atom. The largest absolute Gasteiger partial charge is 0.123 e. The van der Waals surface area contributed by atoms with Crippen LogP contribution in [0.4, 0.5) is 0 Å². The van der Waals surface area contributed by atoms with Gasteiger partial charge < -0.3 is 0 Å². The Hall–Kier alpha value is 0.290. The van der Waals surface area contributed by atoms with Gasteiger partial charge in [0.05, 0.1) is 0 Å². The van der Waals surface area contributed by atoms with Crippen LogP contribution in [0.1, 0.15) is 19.8 Å². The lowest BCUT2D eigenvalue weighted by molar-refractivity contribution is 0.821. The normalized spacial score (nSPS) is 14.5. The highest BCUT2D eigenvalue weighted by Gasteiger charge is 1.88. The summed E-state index contributed by atoms with van der Waals surface area (Å²) in [5.41, 5.74) is 0. The van der Waals surface area contributed by atoms with Crippen molar-refractivity contribution in [2.24, 2.45) is 0 Å². The first kappa shape index (κ1) is 6.29. The van der Waals surface area contributed by atoms with E-state index in [1.165, 1.54) is 0 Å². The van der Waals surface area contributed by atoms with E-state index in [9.17, 15) is 0 Å². The van der Waals surface area contributed by atoms with Crippen molar-refractivity contribution >= 4 is 11.6 Å². The molecule has 0 fully saturated rings. The SMILES string of the molecule is [CH2]CCC(C)Cl. The zero-order valence-electron chi connectivity index (χ0n) is 4.08. The second kappa shape index (κ2) is 3.48.